The van der Waals surface area contributed by atoms with Crippen molar-refractivity contribution in [2.24, 2.45) is 11.8 Å². The van der Waals surface area contributed by atoms with Crippen LogP contribution in [0, 0.1) is 18.8 Å². The molecule has 1 heterocycles. The fraction of sp³-hybridized carbons (Fsp3) is 0.435. The van der Waals surface area contributed by atoms with E-state index in [1.165, 1.54) is 0 Å². The third-order valence-electron chi connectivity index (χ3n) is 6.15. The molecule has 0 radical (unpaired) electrons. The smallest absolute Gasteiger partial charge is 0.254 e. The average molecular weight is 416 g/mol. The maximum atomic E-state index is 13.1. The van der Waals surface area contributed by atoms with Crippen molar-refractivity contribution in [1.82, 2.24) is 4.90 Å². The van der Waals surface area contributed by atoms with E-state index in [4.69, 9.17) is 21.1 Å². The maximum absolute atomic E-state index is 13.1. The van der Waals surface area contributed by atoms with Gasteiger partial charge >= 0.3 is 0 Å². The van der Waals surface area contributed by atoms with Crippen LogP contribution in [0.3, 0.4) is 0 Å². The first-order valence-electron chi connectivity index (χ1n) is 9.99. The number of likely N-dealkylation sites (tertiary alicyclic amines) is 1. The lowest BCUT2D eigenvalue weighted by molar-refractivity contribution is -0.0240. The van der Waals surface area contributed by atoms with Gasteiger partial charge in [0.1, 0.15) is 6.10 Å². The molecular weight excluding hydrogens is 390 g/mol. The SMILES string of the molecule is COc1ccccc1O[C@@H]1C[C@@H]2CN(C(=O)c3cc(Cl)ccc3C)C[C@@H]2C[C@H]1O. The fourth-order valence-electron chi connectivity index (χ4n) is 4.56. The van der Waals surface area contributed by atoms with Crippen LogP contribution in [0.5, 0.6) is 11.5 Å². The number of aryl methyl sites for hydroxylation is 1. The van der Waals surface area contributed by atoms with Gasteiger partial charge in [0, 0.05) is 23.7 Å². The monoisotopic (exact) mass is 415 g/mol. The molecule has 6 heteroatoms. The number of fused-ring (bicyclic) bond motifs is 1. The van der Waals surface area contributed by atoms with Gasteiger partial charge in [-0.1, -0.05) is 29.8 Å². The summed E-state index contributed by atoms with van der Waals surface area (Å²) in [5.74, 6) is 1.89. The first-order valence-corrected chi connectivity index (χ1v) is 10.4. The van der Waals surface area contributed by atoms with Gasteiger partial charge in [-0.15, -0.1) is 0 Å². The van der Waals surface area contributed by atoms with Gasteiger partial charge in [0.25, 0.3) is 5.91 Å². The fourth-order valence-corrected chi connectivity index (χ4v) is 4.73. The Labute approximate surface area is 176 Å². The van der Waals surface area contributed by atoms with Gasteiger partial charge in [0.05, 0.1) is 13.2 Å². The van der Waals surface area contributed by atoms with Gasteiger partial charge in [-0.25, -0.2) is 0 Å². The molecule has 0 aromatic heterocycles. The van der Waals surface area contributed by atoms with Crippen LogP contribution in [0.25, 0.3) is 0 Å². The Morgan fingerprint density at radius 2 is 1.79 bits per heavy atom. The number of hydrogen-bond donors (Lipinski definition) is 1. The summed E-state index contributed by atoms with van der Waals surface area (Å²) in [5, 5.41) is 11.2. The van der Waals surface area contributed by atoms with Crippen molar-refractivity contribution in [2.75, 3.05) is 20.2 Å². The van der Waals surface area contributed by atoms with E-state index in [1.807, 2.05) is 42.2 Å². The summed E-state index contributed by atoms with van der Waals surface area (Å²) in [6.45, 7) is 3.26. The van der Waals surface area contributed by atoms with Crippen molar-refractivity contribution in [1.29, 1.82) is 0 Å². The maximum Gasteiger partial charge on any atom is 0.254 e. The molecule has 4 rings (SSSR count). The number of ether oxygens (including phenoxy) is 2. The lowest BCUT2D eigenvalue weighted by Crippen LogP contribution is -2.42. The molecule has 5 nitrogen and oxygen atoms in total. The number of benzene rings is 2. The summed E-state index contributed by atoms with van der Waals surface area (Å²) in [6, 6.07) is 12.9. The molecule has 1 amide bonds. The van der Waals surface area contributed by atoms with E-state index in [9.17, 15) is 9.90 Å². The molecule has 1 aliphatic carbocycles. The number of rotatable bonds is 4. The minimum absolute atomic E-state index is 0.0103. The molecule has 1 saturated heterocycles. The Hall–Kier alpha value is -2.24. The molecule has 154 valence electrons. The van der Waals surface area contributed by atoms with Crippen molar-refractivity contribution in [2.45, 2.75) is 32.0 Å². The van der Waals surface area contributed by atoms with Gasteiger partial charge in [0.15, 0.2) is 11.5 Å². The highest BCUT2D eigenvalue weighted by Crippen LogP contribution is 2.40. The second-order valence-corrected chi connectivity index (χ2v) is 8.47. The standard InChI is InChI=1S/C23H26ClNO4/c1-14-7-8-17(24)11-18(14)23(27)25-12-15-9-19(26)22(10-16(15)13-25)29-21-6-4-3-5-20(21)28-2/h3-8,11,15-16,19,22,26H,9-10,12-13H2,1-2H3/t15-,16+,19+,22+/m0/s1. The minimum Gasteiger partial charge on any atom is -0.493 e. The summed E-state index contributed by atoms with van der Waals surface area (Å²) in [6.07, 6.45) is 0.463. The van der Waals surface area contributed by atoms with Crippen LogP contribution in [0.15, 0.2) is 42.5 Å². The second-order valence-electron chi connectivity index (χ2n) is 8.04. The van der Waals surface area contributed by atoms with Crippen LogP contribution >= 0.6 is 11.6 Å². The molecule has 2 fully saturated rings. The van der Waals surface area contributed by atoms with Crippen molar-refractivity contribution < 1.29 is 19.4 Å². The Morgan fingerprint density at radius 1 is 1.10 bits per heavy atom. The Kier molecular flexibility index (Phi) is 5.70. The van der Waals surface area contributed by atoms with Crippen LogP contribution < -0.4 is 9.47 Å². The Balaban J connectivity index is 1.46. The Bertz CT molecular complexity index is 902. The average Bonchev–Trinajstić information content (AvgIpc) is 3.12. The third-order valence-corrected chi connectivity index (χ3v) is 6.38. The van der Waals surface area contributed by atoms with Gasteiger partial charge in [-0.05, 0) is 61.4 Å². The summed E-state index contributed by atoms with van der Waals surface area (Å²) in [4.78, 5) is 15.0. The lowest BCUT2D eigenvalue weighted by Gasteiger charge is -2.35. The highest BCUT2D eigenvalue weighted by molar-refractivity contribution is 6.31. The molecule has 29 heavy (non-hydrogen) atoms. The molecule has 0 spiro atoms. The number of para-hydroxylation sites is 2. The first kappa shape index (κ1) is 20.0. The van der Waals surface area contributed by atoms with E-state index in [0.29, 0.717) is 53.9 Å². The molecule has 1 saturated carbocycles. The predicted octanol–water partition coefficient (Wildman–Crippen LogP) is 3.95. The number of amides is 1. The van der Waals surface area contributed by atoms with Crippen molar-refractivity contribution in [3.05, 3.63) is 58.6 Å². The number of aliphatic hydroxyl groups excluding tert-OH is 1. The van der Waals surface area contributed by atoms with E-state index in [-0.39, 0.29) is 17.9 Å². The topological polar surface area (TPSA) is 59.0 Å². The van der Waals surface area contributed by atoms with E-state index in [2.05, 4.69) is 0 Å². The van der Waals surface area contributed by atoms with Gasteiger partial charge < -0.3 is 19.5 Å². The molecule has 2 aromatic carbocycles. The zero-order valence-corrected chi connectivity index (χ0v) is 17.4. The van der Waals surface area contributed by atoms with Crippen LogP contribution in [0.2, 0.25) is 5.02 Å². The van der Waals surface area contributed by atoms with Crippen LogP contribution in [0.1, 0.15) is 28.8 Å². The zero-order chi connectivity index (χ0) is 20.5. The van der Waals surface area contributed by atoms with Crippen LogP contribution in [-0.4, -0.2) is 48.3 Å². The van der Waals surface area contributed by atoms with E-state index < -0.39 is 6.10 Å². The number of methoxy groups -OCH3 is 1. The molecule has 4 atom stereocenters. The second kappa shape index (κ2) is 8.25. The summed E-state index contributed by atoms with van der Waals surface area (Å²) < 4.78 is 11.5. The van der Waals surface area contributed by atoms with Gasteiger partial charge in [0.2, 0.25) is 0 Å². The largest absolute Gasteiger partial charge is 0.493 e. The predicted molar refractivity (Wildman–Crippen MR) is 112 cm³/mol. The first-order chi connectivity index (χ1) is 14.0. The van der Waals surface area contributed by atoms with Crippen molar-refractivity contribution >= 4 is 17.5 Å². The number of halogens is 1. The van der Waals surface area contributed by atoms with E-state index >= 15 is 0 Å². The lowest BCUT2D eigenvalue weighted by atomic mass is 9.78. The number of carbonyl (C=O) groups is 1. The molecule has 0 unspecified atom stereocenters. The third kappa shape index (κ3) is 4.07. The summed E-state index contributed by atoms with van der Waals surface area (Å²) >= 11 is 6.10. The molecule has 2 aromatic rings. The van der Waals surface area contributed by atoms with E-state index in [1.54, 1.807) is 19.2 Å². The van der Waals surface area contributed by atoms with Crippen molar-refractivity contribution in [3.8, 4) is 11.5 Å². The number of nitrogens with zero attached hydrogens (tertiary/aromatic N) is 1. The van der Waals surface area contributed by atoms with Gasteiger partial charge in [-0.2, -0.15) is 0 Å². The molecule has 1 aliphatic heterocycles. The minimum atomic E-state index is -0.566. The van der Waals surface area contributed by atoms with Gasteiger partial charge in [-0.3, -0.25) is 4.79 Å². The van der Waals surface area contributed by atoms with Crippen molar-refractivity contribution in [3.63, 3.8) is 0 Å². The number of carbonyl (C=O) groups excluding carboxylic acids is 1. The number of aliphatic hydroxyl groups is 1. The Morgan fingerprint density at radius 3 is 2.52 bits per heavy atom. The molecule has 1 N–H and O–H groups in total. The molecule has 0 bridgehead atoms. The molecular formula is C23H26ClNO4. The summed E-state index contributed by atoms with van der Waals surface area (Å²) in [7, 11) is 1.60. The zero-order valence-electron chi connectivity index (χ0n) is 16.7. The van der Waals surface area contributed by atoms with E-state index in [0.717, 1.165) is 5.56 Å². The quantitative estimate of drug-likeness (QED) is 0.821. The number of hydrogen-bond acceptors (Lipinski definition) is 4. The molecule has 2 aliphatic rings. The highest BCUT2D eigenvalue weighted by Gasteiger charge is 2.44. The van der Waals surface area contributed by atoms with Crippen LogP contribution in [-0.2, 0) is 0 Å². The summed E-state index contributed by atoms with van der Waals surface area (Å²) in [5.41, 5.74) is 1.57. The highest BCUT2D eigenvalue weighted by atomic mass is 35.5. The van der Waals surface area contributed by atoms with Crippen LogP contribution in [0.4, 0.5) is 0 Å². The normalized spacial score (nSPS) is 26.1.